The van der Waals surface area contributed by atoms with Crippen molar-refractivity contribution < 1.29 is 14.6 Å². The number of allylic oxidation sites excluding steroid dienone is 1. The van der Waals surface area contributed by atoms with E-state index in [0.29, 0.717) is 11.3 Å². The first-order chi connectivity index (χ1) is 8.36. The van der Waals surface area contributed by atoms with Gasteiger partial charge in [0, 0.05) is 5.56 Å². The normalized spacial score (nSPS) is 11.8. The minimum absolute atomic E-state index is 0.244. The number of carbonyl (C=O) groups is 1. The molecule has 18 heavy (non-hydrogen) atoms. The van der Waals surface area contributed by atoms with Gasteiger partial charge in [0.25, 0.3) is 11.9 Å². The van der Waals surface area contributed by atoms with Crippen molar-refractivity contribution in [2.45, 2.75) is 27.7 Å². The first-order valence-electron chi connectivity index (χ1n) is 5.69. The molecule has 0 saturated carbocycles. The SMILES string of the molecule is CO/C(O)=C(\C)NC(=O)c1c(C)cc(C)cc1C. The van der Waals surface area contributed by atoms with Gasteiger partial charge in [-0.15, -0.1) is 0 Å². The predicted molar refractivity (Wildman–Crippen MR) is 70.5 cm³/mol. The van der Waals surface area contributed by atoms with E-state index in [1.165, 1.54) is 7.11 Å². The molecule has 1 aromatic carbocycles. The third-order valence-corrected chi connectivity index (χ3v) is 2.72. The summed E-state index contributed by atoms with van der Waals surface area (Å²) >= 11 is 0. The van der Waals surface area contributed by atoms with Gasteiger partial charge < -0.3 is 15.2 Å². The third kappa shape index (κ3) is 3.03. The molecule has 0 spiro atoms. The first kappa shape index (κ1) is 14.1. The van der Waals surface area contributed by atoms with Gasteiger partial charge in [0.05, 0.1) is 12.8 Å². The molecule has 4 nitrogen and oxygen atoms in total. The van der Waals surface area contributed by atoms with Crippen LogP contribution in [0.15, 0.2) is 23.8 Å². The fraction of sp³-hybridized carbons (Fsp3) is 0.357. The van der Waals surface area contributed by atoms with Crippen LogP contribution in [0, 0.1) is 20.8 Å². The highest BCUT2D eigenvalue weighted by Gasteiger charge is 2.14. The Balaban J connectivity index is 3.06. The number of hydrogen-bond acceptors (Lipinski definition) is 3. The molecule has 0 unspecified atom stereocenters. The maximum atomic E-state index is 12.1. The summed E-state index contributed by atoms with van der Waals surface area (Å²) in [4.78, 5) is 12.1. The second-order valence-electron chi connectivity index (χ2n) is 4.36. The van der Waals surface area contributed by atoms with Crippen LogP contribution in [0.5, 0.6) is 0 Å². The van der Waals surface area contributed by atoms with E-state index in [4.69, 9.17) is 0 Å². The Morgan fingerprint density at radius 1 is 1.22 bits per heavy atom. The number of aryl methyl sites for hydroxylation is 3. The highest BCUT2D eigenvalue weighted by molar-refractivity contribution is 5.98. The van der Waals surface area contributed by atoms with Crippen molar-refractivity contribution in [3.8, 4) is 0 Å². The lowest BCUT2D eigenvalue weighted by molar-refractivity contribution is 0.0940. The molecule has 4 heteroatoms. The van der Waals surface area contributed by atoms with Gasteiger partial charge in [0.2, 0.25) is 0 Å². The van der Waals surface area contributed by atoms with Gasteiger partial charge in [-0.1, -0.05) is 17.7 Å². The molecule has 2 N–H and O–H groups in total. The van der Waals surface area contributed by atoms with Crippen molar-refractivity contribution in [2.24, 2.45) is 0 Å². The summed E-state index contributed by atoms with van der Waals surface area (Å²) in [7, 11) is 1.34. The van der Waals surface area contributed by atoms with Crippen molar-refractivity contribution in [1.82, 2.24) is 5.32 Å². The zero-order valence-electron chi connectivity index (χ0n) is 11.4. The fourth-order valence-corrected chi connectivity index (χ4v) is 1.98. The second-order valence-corrected chi connectivity index (χ2v) is 4.36. The summed E-state index contributed by atoms with van der Waals surface area (Å²) < 4.78 is 4.65. The molecule has 0 aliphatic rings. The Morgan fingerprint density at radius 2 is 1.72 bits per heavy atom. The Bertz CT molecular complexity index is 481. The average molecular weight is 249 g/mol. The van der Waals surface area contributed by atoms with Crippen molar-refractivity contribution in [3.63, 3.8) is 0 Å². The Kier molecular flexibility index (Phi) is 4.37. The quantitative estimate of drug-likeness (QED) is 0.810. The summed E-state index contributed by atoms with van der Waals surface area (Å²) in [5, 5.41) is 12.0. The fourth-order valence-electron chi connectivity index (χ4n) is 1.98. The van der Waals surface area contributed by atoms with E-state index in [0.717, 1.165) is 16.7 Å². The average Bonchev–Trinajstić information content (AvgIpc) is 2.26. The molecule has 1 rings (SSSR count). The van der Waals surface area contributed by atoms with Crippen LogP contribution in [0.25, 0.3) is 0 Å². The number of rotatable bonds is 3. The van der Waals surface area contributed by atoms with Crippen LogP contribution >= 0.6 is 0 Å². The van der Waals surface area contributed by atoms with E-state index in [1.807, 2.05) is 32.9 Å². The lowest BCUT2D eigenvalue weighted by Crippen LogP contribution is -2.24. The number of hydrogen-bond donors (Lipinski definition) is 2. The topological polar surface area (TPSA) is 58.6 Å². The summed E-state index contributed by atoms with van der Waals surface area (Å²) in [5.74, 6) is -0.531. The zero-order valence-corrected chi connectivity index (χ0v) is 11.4. The molecule has 98 valence electrons. The summed E-state index contributed by atoms with van der Waals surface area (Å²) in [6.45, 7) is 7.35. The first-order valence-corrected chi connectivity index (χ1v) is 5.69. The van der Waals surface area contributed by atoms with E-state index in [9.17, 15) is 9.90 Å². The van der Waals surface area contributed by atoms with Crippen molar-refractivity contribution in [3.05, 3.63) is 46.0 Å². The summed E-state index contributed by atoms with van der Waals surface area (Å²) in [5.41, 5.74) is 3.86. The molecule has 0 radical (unpaired) electrons. The lowest BCUT2D eigenvalue weighted by atomic mass is 9.99. The third-order valence-electron chi connectivity index (χ3n) is 2.72. The molecule has 0 aromatic heterocycles. The van der Waals surface area contributed by atoms with Crippen molar-refractivity contribution in [1.29, 1.82) is 0 Å². The second kappa shape index (κ2) is 5.58. The number of aliphatic hydroxyl groups excluding tert-OH is 1. The lowest BCUT2D eigenvalue weighted by Gasteiger charge is -2.12. The highest BCUT2D eigenvalue weighted by Crippen LogP contribution is 2.16. The highest BCUT2D eigenvalue weighted by atomic mass is 16.6. The Morgan fingerprint density at radius 3 is 2.17 bits per heavy atom. The van der Waals surface area contributed by atoms with Gasteiger partial charge in [-0.3, -0.25) is 4.79 Å². The van der Waals surface area contributed by atoms with Crippen LogP contribution in [0.3, 0.4) is 0 Å². The number of aliphatic hydroxyl groups is 1. The molecule has 0 fully saturated rings. The molecular weight excluding hydrogens is 230 g/mol. The molecule has 0 heterocycles. The monoisotopic (exact) mass is 249 g/mol. The van der Waals surface area contributed by atoms with E-state index in [2.05, 4.69) is 10.1 Å². The van der Waals surface area contributed by atoms with E-state index < -0.39 is 0 Å². The number of methoxy groups -OCH3 is 1. The van der Waals surface area contributed by atoms with Crippen molar-refractivity contribution >= 4 is 5.91 Å². The molecule has 0 bridgehead atoms. The summed E-state index contributed by atoms with van der Waals surface area (Å²) in [6.07, 6.45) is 0. The van der Waals surface area contributed by atoms with Crippen LogP contribution in [-0.4, -0.2) is 18.1 Å². The largest absolute Gasteiger partial charge is 0.480 e. The van der Waals surface area contributed by atoms with Gasteiger partial charge in [0.1, 0.15) is 0 Å². The van der Waals surface area contributed by atoms with Gasteiger partial charge in [-0.25, -0.2) is 0 Å². The van der Waals surface area contributed by atoms with Gasteiger partial charge in [0.15, 0.2) is 0 Å². The Labute approximate surface area is 107 Å². The minimum atomic E-state index is -0.286. The van der Waals surface area contributed by atoms with E-state index in [-0.39, 0.29) is 11.9 Å². The molecule has 1 amide bonds. The van der Waals surface area contributed by atoms with Crippen LogP contribution in [0.1, 0.15) is 34.0 Å². The van der Waals surface area contributed by atoms with Gasteiger partial charge >= 0.3 is 0 Å². The van der Waals surface area contributed by atoms with Gasteiger partial charge in [-0.2, -0.15) is 0 Å². The molecule has 0 atom stereocenters. The number of ether oxygens (including phenoxy) is 1. The number of amides is 1. The van der Waals surface area contributed by atoms with Crippen LogP contribution < -0.4 is 5.32 Å². The van der Waals surface area contributed by atoms with Gasteiger partial charge in [-0.05, 0) is 38.8 Å². The number of benzene rings is 1. The molecule has 0 aliphatic heterocycles. The molecular formula is C14H19NO3. The van der Waals surface area contributed by atoms with Crippen LogP contribution in [-0.2, 0) is 4.74 Å². The maximum absolute atomic E-state index is 12.1. The molecule has 1 aromatic rings. The minimum Gasteiger partial charge on any atom is -0.480 e. The molecule has 0 saturated heterocycles. The summed E-state index contributed by atoms with van der Waals surface area (Å²) in [6, 6.07) is 3.91. The van der Waals surface area contributed by atoms with E-state index in [1.54, 1.807) is 6.92 Å². The Hall–Kier alpha value is -1.97. The van der Waals surface area contributed by atoms with Crippen LogP contribution in [0.2, 0.25) is 0 Å². The number of carbonyl (C=O) groups excluding carboxylic acids is 1. The maximum Gasteiger partial charge on any atom is 0.296 e. The van der Waals surface area contributed by atoms with Crippen LogP contribution in [0.4, 0.5) is 0 Å². The zero-order chi connectivity index (χ0) is 13.9. The van der Waals surface area contributed by atoms with E-state index >= 15 is 0 Å². The smallest absolute Gasteiger partial charge is 0.296 e. The van der Waals surface area contributed by atoms with Crippen molar-refractivity contribution in [2.75, 3.05) is 7.11 Å². The number of nitrogens with one attached hydrogen (secondary N) is 1. The standard InChI is InChI=1S/C14H19NO3/c1-8-6-9(2)12(10(3)7-8)13(16)15-11(4)14(17)18-5/h6-7,17H,1-5H3,(H,15,16)/b14-11+. The molecule has 0 aliphatic carbocycles. The predicted octanol–water partition coefficient (Wildman–Crippen LogP) is 2.74.